The van der Waals surface area contributed by atoms with E-state index in [0.717, 1.165) is 47.6 Å². The van der Waals surface area contributed by atoms with Gasteiger partial charge in [0.25, 0.3) is 5.91 Å². The van der Waals surface area contributed by atoms with Gasteiger partial charge in [-0.3, -0.25) is 9.89 Å². The summed E-state index contributed by atoms with van der Waals surface area (Å²) in [5, 5.41) is 31.2. The molecular formula is C25H30N8OS. The highest BCUT2D eigenvalue weighted by Crippen LogP contribution is 2.35. The number of carbonyl (C=O) groups is 1. The van der Waals surface area contributed by atoms with Gasteiger partial charge < -0.3 is 10.6 Å². The Kier molecular flexibility index (Phi) is 7.17. The molecule has 0 spiro atoms. The Morgan fingerprint density at radius 3 is 2.77 bits per heavy atom. The lowest BCUT2D eigenvalue weighted by molar-refractivity contribution is 0.0953. The Morgan fingerprint density at radius 2 is 2.03 bits per heavy atom. The normalized spacial score (nSPS) is 15.1. The van der Waals surface area contributed by atoms with Crippen molar-refractivity contribution < 1.29 is 4.79 Å². The van der Waals surface area contributed by atoms with Crippen LogP contribution in [-0.4, -0.2) is 42.9 Å². The lowest BCUT2D eigenvalue weighted by atomic mass is 9.95. The maximum atomic E-state index is 12.3. The van der Waals surface area contributed by atoms with Crippen LogP contribution in [0.1, 0.15) is 79.3 Å². The van der Waals surface area contributed by atoms with Crippen LogP contribution in [0, 0.1) is 0 Å². The standard InChI is InChI=1S/C25H30N8OS/c1-2-13-26-25(34)17-8-10-19(11-9-17)28-23(21-15-27-29-22(21)18-12-14-35-16-18)24-30-31-32-33(24)20-6-4-3-5-7-20/h8-12,14-16,20,23,28H,2-7,13H2,1H3,(H,26,34)(H,27,29). The van der Waals surface area contributed by atoms with Crippen LogP contribution in [0.4, 0.5) is 5.69 Å². The summed E-state index contributed by atoms with van der Waals surface area (Å²) < 4.78 is 1.99. The van der Waals surface area contributed by atoms with Crippen molar-refractivity contribution in [3.8, 4) is 11.3 Å². The Bertz CT molecular complexity index is 1220. The van der Waals surface area contributed by atoms with Gasteiger partial charge in [0.1, 0.15) is 6.04 Å². The Hall–Kier alpha value is -3.53. The summed E-state index contributed by atoms with van der Waals surface area (Å²) >= 11 is 1.64. The number of benzene rings is 1. The quantitative estimate of drug-likeness (QED) is 0.305. The number of anilines is 1. The molecule has 1 fully saturated rings. The maximum absolute atomic E-state index is 12.3. The fourth-order valence-electron chi connectivity index (χ4n) is 4.64. The van der Waals surface area contributed by atoms with E-state index in [9.17, 15) is 4.79 Å². The monoisotopic (exact) mass is 490 g/mol. The molecule has 0 saturated heterocycles. The zero-order valence-electron chi connectivity index (χ0n) is 19.8. The van der Waals surface area contributed by atoms with Gasteiger partial charge in [-0.25, -0.2) is 4.68 Å². The van der Waals surface area contributed by atoms with E-state index in [1.807, 2.05) is 42.1 Å². The van der Waals surface area contributed by atoms with Crippen molar-refractivity contribution in [2.75, 3.05) is 11.9 Å². The second kappa shape index (κ2) is 10.8. The molecule has 5 rings (SSSR count). The number of rotatable bonds is 9. The van der Waals surface area contributed by atoms with Gasteiger partial charge in [-0.15, -0.1) is 5.10 Å². The van der Waals surface area contributed by atoms with Gasteiger partial charge >= 0.3 is 0 Å². The summed E-state index contributed by atoms with van der Waals surface area (Å²) in [5.74, 6) is 0.699. The summed E-state index contributed by atoms with van der Waals surface area (Å²) in [4.78, 5) is 12.3. The summed E-state index contributed by atoms with van der Waals surface area (Å²) in [7, 11) is 0. The largest absolute Gasteiger partial charge is 0.371 e. The molecule has 1 amide bonds. The minimum absolute atomic E-state index is 0.0641. The van der Waals surface area contributed by atoms with Crippen LogP contribution in [0.3, 0.4) is 0 Å². The van der Waals surface area contributed by atoms with Crippen LogP contribution >= 0.6 is 11.3 Å². The van der Waals surface area contributed by atoms with Crippen LogP contribution in [0.25, 0.3) is 11.3 Å². The lowest BCUT2D eigenvalue weighted by Gasteiger charge is -2.26. The molecule has 10 heteroatoms. The predicted octanol–water partition coefficient (Wildman–Crippen LogP) is 4.97. The van der Waals surface area contributed by atoms with E-state index in [4.69, 9.17) is 0 Å². The van der Waals surface area contributed by atoms with Gasteiger partial charge in [0.05, 0.1) is 17.9 Å². The second-order valence-corrected chi connectivity index (χ2v) is 9.68. The van der Waals surface area contributed by atoms with Crippen LogP contribution in [0.2, 0.25) is 0 Å². The Morgan fingerprint density at radius 1 is 1.20 bits per heavy atom. The third-order valence-corrected chi connectivity index (χ3v) is 7.16. The van der Waals surface area contributed by atoms with E-state index in [2.05, 4.69) is 53.2 Å². The molecule has 3 N–H and O–H groups in total. The molecule has 1 atom stereocenters. The topological polar surface area (TPSA) is 113 Å². The number of hydrogen-bond acceptors (Lipinski definition) is 7. The molecule has 0 radical (unpaired) electrons. The summed E-state index contributed by atoms with van der Waals surface area (Å²) in [5.41, 5.74) is 4.50. The third-order valence-electron chi connectivity index (χ3n) is 6.48. The molecular weight excluding hydrogens is 460 g/mol. The first-order valence-electron chi connectivity index (χ1n) is 12.2. The van der Waals surface area contributed by atoms with E-state index < -0.39 is 0 Å². The average molecular weight is 491 g/mol. The van der Waals surface area contributed by atoms with Gasteiger partial charge in [0, 0.05) is 34.3 Å². The van der Waals surface area contributed by atoms with Gasteiger partial charge in [0.2, 0.25) is 0 Å². The molecule has 1 saturated carbocycles. The predicted molar refractivity (Wildman–Crippen MR) is 136 cm³/mol. The van der Waals surface area contributed by atoms with E-state index in [-0.39, 0.29) is 11.9 Å². The molecule has 1 aromatic carbocycles. The van der Waals surface area contributed by atoms with Crippen LogP contribution < -0.4 is 10.6 Å². The molecule has 3 heterocycles. The highest BCUT2D eigenvalue weighted by Gasteiger charge is 2.29. The van der Waals surface area contributed by atoms with Crippen molar-refractivity contribution in [3.05, 3.63) is 64.2 Å². The smallest absolute Gasteiger partial charge is 0.251 e. The molecule has 3 aromatic heterocycles. The van der Waals surface area contributed by atoms with E-state index in [0.29, 0.717) is 18.2 Å². The Balaban J connectivity index is 1.48. The van der Waals surface area contributed by atoms with Crippen molar-refractivity contribution in [1.82, 2.24) is 35.7 Å². The first-order valence-corrected chi connectivity index (χ1v) is 13.2. The van der Waals surface area contributed by atoms with Crippen molar-refractivity contribution in [3.63, 3.8) is 0 Å². The SMILES string of the molecule is CCCNC(=O)c1ccc(NC(c2cn[nH]c2-c2ccsc2)c2nnnn2C2CCCCC2)cc1. The zero-order valence-corrected chi connectivity index (χ0v) is 20.6. The first kappa shape index (κ1) is 23.2. The molecule has 4 aromatic rings. The van der Waals surface area contributed by atoms with Crippen molar-refractivity contribution in [2.24, 2.45) is 0 Å². The number of carbonyl (C=O) groups excluding carboxylic acids is 1. The molecule has 35 heavy (non-hydrogen) atoms. The van der Waals surface area contributed by atoms with Gasteiger partial charge in [0.15, 0.2) is 5.82 Å². The van der Waals surface area contributed by atoms with Crippen molar-refractivity contribution >= 4 is 22.9 Å². The molecule has 0 aliphatic heterocycles. The van der Waals surface area contributed by atoms with Crippen LogP contribution in [-0.2, 0) is 0 Å². The van der Waals surface area contributed by atoms with E-state index in [1.165, 1.54) is 19.3 Å². The van der Waals surface area contributed by atoms with Gasteiger partial charge in [-0.2, -0.15) is 16.4 Å². The average Bonchev–Trinajstić information content (AvgIpc) is 3.68. The minimum atomic E-state index is -0.319. The fourth-order valence-corrected chi connectivity index (χ4v) is 5.28. The van der Waals surface area contributed by atoms with Crippen LogP contribution in [0.15, 0.2) is 47.3 Å². The number of tetrazole rings is 1. The zero-order chi connectivity index (χ0) is 24.0. The van der Waals surface area contributed by atoms with E-state index in [1.54, 1.807) is 11.3 Å². The highest BCUT2D eigenvalue weighted by molar-refractivity contribution is 7.08. The fraction of sp³-hybridized carbons (Fsp3) is 0.400. The second-order valence-electron chi connectivity index (χ2n) is 8.90. The maximum Gasteiger partial charge on any atom is 0.251 e. The van der Waals surface area contributed by atoms with Crippen molar-refractivity contribution in [2.45, 2.75) is 57.5 Å². The molecule has 182 valence electrons. The molecule has 1 aliphatic rings. The summed E-state index contributed by atoms with van der Waals surface area (Å²) in [6, 6.07) is 9.57. The molecule has 1 aliphatic carbocycles. The first-order chi connectivity index (χ1) is 17.2. The molecule has 1 unspecified atom stereocenters. The number of aromatic amines is 1. The minimum Gasteiger partial charge on any atom is -0.371 e. The summed E-state index contributed by atoms with van der Waals surface area (Å²) in [6.07, 6.45) is 8.55. The number of nitrogens with one attached hydrogen (secondary N) is 3. The van der Waals surface area contributed by atoms with Crippen LogP contribution in [0.5, 0.6) is 0 Å². The number of aromatic nitrogens is 6. The van der Waals surface area contributed by atoms with E-state index >= 15 is 0 Å². The number of thiophene rings is 1. The van der Waals surface area contributed by atoms with Gasteiger partial charge in [-0.1, -0.05) is 26.2 Å². The third kappa shape index (κ3) is 5.12. The van der Waals surface area contributed by atoms with Crippen molar-refractivity contribution in [1.29, 1.82) is 0 Å². The number of H-pyrrole nitrogens is 1. The molecule has 9 nitrogen and oxygen atoms in total. The summed E-state index contributed by atoms with van der Waals surface area (Å²) in [6.45, 7) is 2.70. The molecule has 0 bridgehead atoms. The van der Waals surface area contributed by atoms with Gasteiger partial charge in [-0.05, 0) is 65.4 Å². The number of hydrogen-bond donors (Lipinski definition) is 3. The highest BCUT2D eigenvalue weighted by atomic mass is 32.1. The number of amides is 1. The number of nitrogens with zero attached hydrogens (tertiary/aromatic N) is 5. The Labute approximate surface area is 208 Å². The lowest BCUT2D eigenvalue weighted by Crippen LogP contribution is -2.24.